The number of carbonyl (C=O) groups excluding carboxylic acids is 2. The summed E-state index contributed by atoms with van der Waals surface area (Å²) in [5.41, 5.74) is 0.423. The van der Waals surface area contributed by atoms with Gasteiger partial charge in [-0.1, -0.05) is 27.7 Å². The Balaban J connectivity index is 0. The Labute approximate surface area is 175 Å². The van der Waals surface area contributed by atoms with Crippen LogP contribution in [-0.2, 0) is 9.59 Å². The number of carboxylic acid groups (broad SMARTS) is 2. The highest BCUT2D eigenvalue weighted by molar-refractivity contribution is 5.99. The maximum absolute atomic E-state index is 12.3. The Morgan fingerprint density at radius 2 is 0.967 bits per heavy atom. The topological polar surface area (TPSA) is 196 Å². The smallest absolute Gasteiger partial charge is 0.326 e. The SMILES string of the molecule is CC(C)C[C@H](NC(=O)c1ccc(C(=O)N[C@@H](CC(C)C)C(=O)O)cc1)C(=O)O.O.O. The van der Waals surface area contributed by atoms with E-state index in [9.17, 15) is 29.4 Å². The van der Waals surface area contributed by atoms with Crippen LogP contribution in [0.4, 0.5) is 0 Å². The van der Waals surface area contributed by atoms with Gasteiger partial charge in [-0.2, -0.15) is 0 Å². The van der Waals surface area contributed by atoms with Crippen molar-refractivity contribution < 1.29 is 40.3 Å². The van der Waals surface area contributed by atoms with Crippen molar-refractivity contribution in [2.75, 3.05) is 0 Å². The van der Waals surface area contributed by atoms with E-state index in [1.807, 2.05) is 27.7 Å². The first-order chi connectivity index (χ1) is 13.0. The zero-order valence-electron chi connectivity index (χ0n) is 17.6. The summed E-state index contributed by atoms with van der Waals surface area (Å²) >= 11 is 0. The molecule has 0 spiro atoms. The van der Waals surface area contributed by atoms with Crippen molar-refractivity contribution in [3.8, 4) is 0 Å². The average molecular weight is 428 g/mol. The summed E-state index contributed by atoms with van der Waals surface area (Å²) in [4.78, 5) is 47.0. The number of carboxylic acids is 2. The number of rotatable bonds is 10. The summed E-state index contributed by atoms with van der Waals surface area (Å²) in [6.07, 6.45) is 0.599. The van der Waals surface area contributed by atoms with Crippen molar-refractivity contribution in [3.63, 3.8) is 0 Å². The quantitative estimate of drug-likeness (QED) is 0.418. The largest absolute Gasteiger partial charge is 0.480 e. The van der Waals surface area contributed by atoms with Gasteiger partial charge in [-0.05, 0) is 48.9 Å². The van der Waals surface area contributed by atoms with Crippen molar-refractivity contribution in [3.05, 3.63) is 35.4 Å². The Morgan fingerprint density at radius 3 is 1.17 bits per heavy atom. The Morgan fingerprint density at radius 1 is 0.700 bits per heavy atom. The molecule has 0 aliphatic carbocycles. The van der Waals surface area contributed by atoms with Crippen LogP contribution in [0.5, 0.6) is 0 Å². The first kappa shape index (κ1) is 29.2. The van der Waals surface area contributed by atoms with Gasteiger partial charge in [-0.15, -0.1) is 0 Å². The summed E-state index contributed by atoms with van der Waals surface area (Å²) < 4.78 is 0. The lowest BCUT2D eigenvalue weighted by atomic mass is 10.0. The highest BCUT2D eigenvalue weighted by Crippen LogP contribution is 2.10. The molecule has 10 heteroatoms. The molecule has 0 aliphatic rings. The predicted molar refractivity (Wildman–Crippen MR) is 110 cm³/mol. The van der Waals surface area contributed by atoms with Crippen LogP contribution in [0.1, 0.15) is 61.3 Å². The molecule has 0 aliphatic heterocycles. The standard InChI is InChI=1S/C20H28N2O6.2H2O/c1-11(2)9-15(19(25)26)21-17(23)13-5-7-14(8-6-13)18(24)22-16(20(27)28)10-12(3)4;;/h5-8,11-12,15-16H,9-10H2,1-4H3,(H,21,23)(H,22,24)(H,25,26)(H,27,28);2*1H2/t15-,16-;;/m0../s1. The molecule has 0 aromatic heterocycles. The number of amides is 2. The minimum absolute atomic E-state index is 0. The molecule has 10 nitrogen and oxygen atoms in total. The van der Waals surface area contributed by atoms with Crippen molar-refractivity contribution in [1.29, 1.82) is 0 Å². The second-order valence-corrected chi connectivity index (χ2v) is 7.57. The molecule has 0 saturated heterocycles. The number of hydrogen-bond acceptors (Lipinski definition) is 4. The van der Waals surface area contributed by atoms with Crippen LogP contribution in [0.25, 0.3) is 0 Å². The van der Waals surface area contributed by atoms with Crippen molar-refractivity contribution in [2.24, 2.45) is 11.8 Å². The summed E-state index contributed by atoms with van der Waals surface area (Å²) in [5.74, 6) is -3.13. The third-order valence-electron chi connectivity index (χ3n) is 4.03. The normalized spacial score (nSPS) is 12.2. The van der Waals surface area contributed by atoms with Crippen LogP contribution >= 0.6 is 0 Å². The number of aliphatic carboxylic acids is 2. The molecule has 2 amide bonds. The van der Waals surface area contributed by atoms with E-state index in [0.29, 0.717) is 12.8 Å². The van der Waals surface area contributed by atoms with Gasteiger partial charge in [0.05, 0.1) is 0 Å². The van der Waals surface area contributed by atoms with E-state index in [2.05, 4.69) is 10.6 Å². The van der Waals surface area contributed by atoms with Gasteiger partial charge in [-0.25, -0.2) is 9.59 Å². The minimum Gasteiger partial charge on any atom is -0.480 e. The van der Waals surface area contributed by atoms with Crippen LogP contribution in [0.2, 0.25) is 0 Å². The van der Waals surface area contributed by atoms with E-state index in [4.69, 9.17) is 0 Å². The molecular weight excluding hydrogens is 396 g/mol. The molecule has 0 bridgehead atoms. The van der Waals surface area contributed by atoms with E-state index in [-0.39, 0.29) is 33.9 Å². The van der Waals surface area contributed by atoms with Gasteiger partial charge in [0.25, 0.3) is 11.8 Å². The van der Waals surface area contributed by atoms with Crippen molar-refractivity contribution >= 4 is 23.8 Å². The highest BCUT2D eigenvalue weighted by Gasteiger charge is 2.23. The van der Waals surface area contributed by atoms with Crippen LogP contribution < -0.4 is 10.6 Å². The fourth-order valence-electron chi connectivity index (χ4n) is 2.64. The summed E-state index contributed by atoms with van der Waals surface area (Å²) in [7, 11) is 0. The molecule has 1 rings (SSSR count). The zero-order chi connectivity index (χ0) is 21.4. The Kier molecular flexibility index (Phi) is 12.9. The van der Waals surface area contributed by atoms with Gasteiger partial charge in [0.15, 0.2) is 0 Å². The molecule has 0 radical (unpaired) electrons. The molecule has 0 saturated carbocycles. The maximum Gasteiger partial charge on any atom is 0.326 e. The molecule has 0 unspecified atom stereocenters. The number of hydrogen-bond donors (Lipinski definition) is 4. The van der Waals surface area contributed by atoms with Crippen LogP contribution in [-0.4, -0.2) is 57.0 Å². The number of nitrogens with one attached hydrogen (secondary N) is 2. The molecule has 1 aromatic carbocycles. The molecule has 30 heavy (non-hydrogen) atoms. The Bertz CT molecular complexity index is 655. The molecule has 0 fully saturated rings. The lowest BCUT2D eigenvalue weighted by Crippen LogP contribution is -2.42. The lowest BCUT2D eigenvalue weighted by Gasteiger charge is -2.17. The van der Waals surface area contributed by atoms with E-state index < -0.39 is 35.8 Å². The van der Waals surface area contributed by atoms with Gasteiger partial charge in [0.2, 0.25) is 0 Å². The molecule has 2 atom stereocenters. The predicted octanol–water partition coefficient (Wildman–Crippen LogP) is 0.495. The first-order valence-electron chi connectivity index (χ1n) is 9.18. The minimum atomic E-state index is -1.11. The second-order valence-electron chi connectivity index (χ2n) is 7.57. The Hall–Kier alpha value is -2.98. The van der Waals surface area contributed by atoms with Crippen molar-refractivity contribution in [2.45, 2.75) is 52.6 Å². The van der Waals surface area contributed by atoms with E-state index in [0.717, 1.165) is 0 Å². The third kappa shape index (κ3) is 9.48. The van der Waals surface area contributed by atoms with E-state index in [1.54, 1.807) is 0 Å². The van der Waals surface area contributed by atoms with E-state index >= 15 is 0 Å². The van der Waals surface area contributed by atoms with Crippen molar-refractivity contribution in [1.82, 2.24) is 10.6 Å². The third-order valence-corrected chi connectivity index (χ3v) is 4.03. The summed E-state index contributed by atoms with van der Waals surface area (Å²) in [6.45, 7) is 7.44. The molecule has 8 N–H and O–H groups in total. The lowest BCUT2D eigenvalue weighted by molar-refractivity contribution is -0.140. The fraction of sp³-hybridized carbons (Fsp3) is 0.500. The van der Waals surface area contributed by atoms with Gasteiger partial charge < -0.3 is 31.8 Å². The summed E-state index contributed by atoms with van der Waals surface area (Å²) in [6, 6.07) is 3.60. The maximum atomic E-state index is 12.3. The second kappa shape index (κ2) is 13.3. The molecule has 0 heterocycles. The average Bonchev–Trinajstić information content (AvgIpc) is 2.59. The highest BCUT2D eigenvalue weighted by atomic mass is 16.4. The fourth-order valence-corrected chi connectivity index (χ4v) is 2.64. The van der Waals surface area contributed by atoms with Gasteiger partial charge in [-0.3, -0.25) is 9.59 Å². The van der Waals surface area contributed by atoms with Gasteiger partial charge >= 0.3 is 11.9 Å². The number of benzene rings is 1. The van der Waals surface area contributed by atoms with Crippen LogP contribution in [0.3, 0.4) is 0 Å². The summed E-state index contributed by atoms with van der Waals surface area (Å²) in [5, 5.41) is 23.4. The molecular formula is C20H32N2O8. The molecule has 170 valence electrons. The molecule has 1 aromatic rings. The first-order valence-corrected chi connectivity index (χ1v) is 9.18. The van der Waals surface area contributed by atoms with Gasteiger partial charge in [0, 0.05) is 11.1 Å². The monoisotopic (exact) mass is 428 g/mol. The van der Waals surface area contributed by atoms with Crippen LogP contribution in [0, 0.1) is 11.8 Å². The van der Waals surface area contributed by atoms with Crippen LogP contribution in [0.15, 0.2) is 24.3 Å². The number of carbonyl (C=O) groups is 4. The zero-order valence-corrected chi connectivity index (χ0v) is 17.6. The van der Waals surface area contributed by atoms with Gasteiger partial charge in [0.1, 0.15) is 12.1 Å². The van der Waals surface area contributed by atoms with E-state index in [1.165, 1.54) is 24.3 Å².